The van der Waals surface area contributed by atoms with Crippen molar-refractivity contribution >= 4 is 27.8 Å². The van der Waals surface area contributed by atoms with E-state index in [1.165, 1.54) is 11.1 Å². The van der Waals surface area contributed by atoms with Gasteiger partial charge in [-0.15, -0.1) is 0 Å². The van der Waals surface area contributed by atoms with Gasteiger partial charge in [-0.1, -0.05) is 24.3 Å². The van der Waals surface area contributed by atoms with Crippen molar-refractivity contribution in [3.8, 4) is 0 Å². The Bertz CT molecular complexity index is 768. The Morgan fingerprint density at radius 1 is 1.16 bits per heavy atom. The van der Waals surface area contributed by atoms with Gasteiger partial charge in [-0.3, -0.25) is 4.79 Å². The Kier molecular flexibility index (Phi) is 4.67. The first-order valence-corrected chi connectivity index (χ1v) is 9.19. The van der Waals surface area contributed by atoms with E-state index in [1.807, 2.05) is 15.9 Å². The number of halogens is 1. The number of morpholine rings is 1. The summed E-state index contributed by atoms with van der Waals surface area (Å²) in [6, 6.07) is 8.31. The SMILES string of the molecule is O=C(C1CN(c2ncc(Br)cn2)CCO1)N1CCc2ccccc2C1. The van der Waals surface area contributed by atoms with Crippen LogP contribution in [-0.2, 0) is 22.5 Å². The standard InChI is InChI=1S/C18H19BrN4O2/c19-15-9-20-18(21-10-15)23-7-8-25-16(12-23)17(24)22-6-5-13-3-1-2-4-14(13)11-22/h1-4,9-10,16H,5-8,11-12H2. The van der Waals surface area contributed by atoms with Crippen LogP contribution in [0.3, 0.4) is 0 Å². The van der Waals surface area contributed by atoms with Gasteiger partial charge in [0, 0.05) is 32.0 Å². The van der Waals surface area contributed by atoms with Crippen molar-refractivity contribution in [3.05, 3.63) is 52.3 Å². The van der Waals surface area contributed by atoms with Crippen LogP contribution < -0.4 is 4.90 Å². The van der Waals surface area contributed by atoms with Gasteiger partial charge in [0.1, 0.15) is 0 Å². The minimum atomic E-state index is -0.466. The van der Waals surface area contributed by atoms with Crippen LogP contribution >= 0.6 is 15.9 Å². The molecule has 1 aromatic heterocycles. The Hall–Kier alpha value is -1.99. The fourth-order valence-electron chi connectivity index (χ4n) is 3.34. The largest absolute Gasteiger partial charge is 0.365 e. The van der Waals surface area contributed by atoms with Gasteiger partial charge < -0.3 is 14.5 Å². The zero-order valence-electron chi connectivity index (χ0n) is 13.8. The molecule has 0 radical (unpaired) electrons. The van der Waals surface area contributed by atoms with Gasteiger partial charge in [-0.25, -0.2) is 9.97 Å². The molecule has 0 N–H and O–H groups in total. The lowest BCUT2D eigenvalue weighted by Crippen LogP contribution is -2.52. The van der Waals surface area contributed by atoms with Crippen LogP contribution in [0.15, 0.2) is 41.1 Å². The number of anilines is 1. The third kappa shape index (κ3) is 3.52. The molecule has 1 atom stereocenters. The van der Waals surface area contributed by atoms with E-state index in [4.69, 9.17) is 4.74 Å². The van der Waals surface area contributed by atoms with E-state index in [2.05, 4.69) is 44.1 Å². The monoisotopic (exact) mass is 402 g/mol. The number of rotatable bonds is 2. The average molecular weight is 403 g/mol. The number of nitrogens with zero attached hydrogens (tertiary/aromatic N) is 4. The molecule has 1 fully saturated rings. The fourth-order valence-corrected chi connectivity index (χ4v) is 3.54. The summed E-state index contributed by atoms with van der Waals surface area (Å²) in [7, 11) is 0. The van der Waals surface area contributed by atoms with Crippen LogP contribution in [0.25, 0.3) is 0 Å². The second-order valence-electron chi connectivity index (χ2n) is 6.29. The molecule has 7 heteroatoms. The van der Waals surface area contributed by atoms with Crippen LogP contribution in [0, 0.1) is 0 Å². The van der Waals surface area contributed by atoms with E-state index >= 15 is 0 Å². The van der Waals surface area contributed by atoms with E-state index in [0.29, 0.717) is 32.2 Å². The summed E-state index contributed by atoms with van der Waals surface area (Å²) in [5, 5.41) is 0. The topological polar surface area (TPSA) is 58.6 Å². The fraction of sp³-hybridized carbons (Fsp3) is 0.389. The highest BCUT2D eigenvalue weighted by Gasteiger charge is 2.32. The molecule has 0 aliphatic carbocycles. The van der Waals surface area contributed by atoms with E-state index < -0.39 is 6.10 Å². The highest BCUT2D eigenvalue weighted by molar-refractivity contribution is 9.10. The number of benzene rings is 1. The molecular formula is C18H19BrN4O2. The smallest absolute Gasteiger partial charge is 0.253 e. The first kappa shape index (κ1) is 16.5. The molecule has 0 saturated carbocycles. The summed E-state index contributed by atoms with van der Waals surface area (Å²) in [6.07, 6.45) is 3.87. The molecule has 3 heterocycles. The minimum absolute atomic E-state index is 0.0521. The Labute approximate surface area is 154 Å². The minimum Gasteiger partial charge on any atom is -0.365 e. The van der Waals surface area contributed by atoms with Crippen molar-refractivity contribution < 1.29 is 9.53 Å². The lowest BCUT2D eigenvalue weighted by Gasteiger charge is -2.36. The van der Waals surface area contributed by atoms with E-state index in [1.54, 1.807) is 12.4 Å². The van der Waals surface area contributed by atoms with Gasteiger partial charge in [0.05, 0.1) is 17.6 Å². The number of carbonyl (C=O) groups is 1. The summed E-state index contributed by atoms with van der Waals surface area (Å²) in [6.45, 7) is 3.07. The quantitative estimate of drug-likeness (QED) is 0.768. The van der Waals surface area contributed by atoms with Crippen LogP contribution in [0.5, 0.6) is 0 Å². The number of carbonyl (C=O) groups excluding carboxylic acids is 1. The summed E-state index contributed by atoms with van der Waals surface area (Å²) in [5.74, 6) is 0.685. The van der Waals surface area contributed by atoms with E-state index in [-0.39, 0.29) is 5.91 Å². The first-order valence-electron chi connectivity index (χ1n) is 8.40. The van der Waals surface area contributed by atoms with Gasteiger partial charge >= 0.3 is 0 Å². The zero-order chi connectivity index (χ0) is 17.2. The predicted octanol–water partition coefficient (Wildman–Crippen LogP) is 2.03. The molecule has 25 heavy (non-hydrogen) atoms. The second kappa shape index (κ2) is 7.09. The molecule has 1 aromatic carbocycles. The number of hydrogen-bond acceptors (Lipinski definition) is 5. The normalized spacial score (nSPS) is 20.3. The molecule has 0 spiro atoms. The average Bonchev–Trinajstić information content (AvgIpc) is 2.68. The summed E-state index contributed by atoms with van der Waals surface area (Å²) < 4.78 is 6.60. The third-order valence-electron chi connectivity index (χ3n) is 4.67. The van der Waals surface area contributed by atoms with E-state index in [0.717, 1.165) is 17.4 Å². The van der Waals surface area contributed by atoms with Crippen molar-refractivity contribution in [2.45, 2.75) is 19.1 Å². The molecule has 4 rings (SSSR count). The Balaban J connectivity index is 1.44. The number of ether oxygens (including phenoxy) is 1. The highest BCUT2D eigenvalue weighted by Crippen LogP contribution is 2.21. The maximum atomic E-state index is 12.9. The van der Waals surface area contributed by atoms with Gasteiger partial charge in [0.2, 0.25) is 5.95 Å². The van der Waals surface area contributed by atoms with Crippen LogP contribution in [-0.4, -0.2) is 53.1 Å². The van der Waals surface area contributed by atoms with Crippen molar-refractivity contribution in [1.29, 1.82) is 0 Å². The maximum Gasteiger partial charge on any atom is 0.253 e. The van der Waals surface area contributed by atoms with Gasteiger partial charge in [-0.2, -0.15) is 0 Å². The Morgan fingerprint density at radius 2 is 1.92 bits per heavy atom. The zero-order valence-corrected chi connectivity index (χ0v) is 15.4. The molecular weight excluding hydrogens is 384 g/mol. The molecule has 130 valence electrons. The van der Waals surface area contributed by atoms with Gasteiger partial charge in [-0.05, 0) is 33.5 Å². The van der Waals surface area contributed by atoms with Crippen molar-refractivity contribution in [3.63, 3.8) is 0 Å². The van der Waals surface area contributed by atoms with Crippen molar-refractivity contribution in [1.82, 2.24) is 14.9 Å². The van der Waals surface area contributed by atoms with Crippen LogP contribution in [0.2, 0.25) is 0 Å². The van der Waals surface area contributed by atoms with Gasteiger partial charge in [0.25, 0.3) is 5.91 Å². The van der Waals surface area contributed by atoms with E-state index in [9.17, 15) is 4.79 Å². The third-order valence-corrected chi connectivity index (χ3v) is 5.08. The molecule has 2 aliphatic heterocycles. The maximum absolute atomic E-state index is 12.9. The molecule has 6 nitrogen and oxygen atoms in total. The summed E-state index contributed by atoms with van der Waals surface area (Å²) in [5.41, 5.74) is 2.56. The summed E-state index contributed by atoms with van der Waals surface area (Å²) in [4.78, 5) is 25.5. The Morgan fingerprint density at radius 3 is 2.72 bits per heavy atom. The second-order valence-corrected chi connectivity index (χ2v) is 7.20. The van der Waals surface area contributed by atoms with Crippen molar-refractivity contribution in [2.24, 2.45) is 0 Å². The highest BCUT2D eigenvalue weighted by atomic mass is 79.9. The molecule has 2 aliphatic rings. The lowest BCUT2D eigenvalue weighted by molar-refractivity contribution is -0.145. The van der Waals surface area contributed by atoms with Crippen LogP contribution in [0.4, 0.5) is 5.95 Å². The number of amides is 1. The molecule has 2 aromatic rings. The molecule has 1 unspecified atom stereocenters. The number of fused-ring (bicyclic) bond motifs is 1. The van der Waals surface area contributed by atoms with Crippen LogP contribution in [0.1, 0.15) is 11.1 Å². The van der Waals surface area contributed by atoms with Gasteiger partial charge in [0.15, 0.2) is 6.10 Å². The first-order chi connectivity index (χ1) is 12.2. The number of hydrogen-bond donors (Lipinski definition) is 0. The molecule has 1 amide bonds. The lowest BCUT2D eigenvalue weighted by atomic mass is 9.99. The molecule has 1 saturated heterocycles. The van der Waals surface area contributed by atoms with Crippen molar-refractivity contribution in [2.75, 3.05) is 31.1 Å². The summed E-state index contributed by atoms with van der Waals surface area (Å²) >= 11 is 3.34. The predicted molar refractivity (Wildman–Crippen MR) is 97.2 cm³/mol. The molecule has 0 bridgehead atoms. The number of aromatic nitrogens is 2.